The van der Waals surface area contributed by atoms with Gasteiger partial charge in [0.05, 0.1) is 18.2 Å². The summed E-state index contributed by atoms with van der Waals surface area (Å²) in [5, 5.41) is 0. The highest BCUT2D eigenvalue weighted by atomic mass is 19.1. The van der Waals surface area contributed by atoms with Crippen molar-refractivity contribution in [3.8, 4) is 5.75 Å². The zero-order valence-electron chi connectivity index (χ0n) is 10.2. The van der Waals surface area contributed by atoms with Gasteiger partial charge in [-0.3, -0.25) is 4.79 Å². The number of para-hydroxylation sites is 1. The molecule has 0 aromatic heterocycles. The quantitative estimate of drug-likeness (QED) is 0.774. The molecule has 0 saturated heterocycles. The average molecular weight is 244 g/mol. The van der Waals surface area contributed by atoms with Gasteiger partial charge in [0.25, 0.3) is 0 Å². The van der Waals surface area contributed by atoms with Crippen molar-refractivity contribution in [1.29, 1.82) is 0 Å². The van der Waals surface area contributed by atoms with E-state index < -0.39 is 5.82 Å². The smallest absolute Gasteiger partial charge is 0.199 e. The van der Waals surface area contributed by atoms with Gasteiger partial charge in [0, 0.05) is 0 Å². The van der Waals surface area contributed by atoms with Crippen LogP contribution in [0.15, 0.2) is 42.5 Å². The molecule has 2 rings (SSSR count). The first-order chi connectivity index (χ1) is 8.65. The number of hydrogen-bond acceptors (Lipinski definition) is 2. The summed E-state index contributed by atoms with van der Waals surface area (Å²) < 4.78 is 19.0. The fraction of sp³-hybridized carbons (Fsp3) is 0.133. The van der Waals surface area contributed by atoms with E-state index in [4.69, 9.17) is 4.74 Å². The zero-order chi connectivity index (χ0) is 13.1. The van der Waals surface area contributed by atoms with Crippen LogP contribution in [0.2, 0.25) is 0 Å². The molecule has 0 fully saturated rings. The molecule has 0 N–H and O–H groups in total. The second kappa shape index (κ2) is 5.00. The normalized spacial score (nSPS) is 10.2. The van der Waals surface area contributed by atoms with Gasteiger partial charge in [-0.15, -0.1) is 0 Å². The van der Waals surface area contributed by atoms with Gasteiger partial charge in [0.2, 0.25) is 0 Å². The number of carbonyl (C=O) groups is 1. The highest BCUT2D eigenvalue weighted by Gasteiger charge is 2.18. The molecule has 0 unspecified atom stereocenters. The molecule has 0 amide bonds. The SMILES string of the molecule is COc1ccccc1C(=O)c1cccc(C)c1F. The van der Waals surface area contributed by atoms with Crippen LogP contribution in [0.5, 0.6) is 5.75 Å². The van der Waals surface area contributed by atoms with Gasteiger partial charge in [-0.25, -0.2) is 4.39 Å². The highest BCUT2D eigenvalue weighted by Crippen LogP contribution is 2.23. The topological polar surface area (TPSA) is 26.3 Å². The second-order valence-corrected chi connectivity index (χ2v) is 3.97. The van der Waals surface area contributed by atoms with Gasteiger partial charge >= 0.3 is 0 Å². The average Bonchev–Trinajstić information content (AvgIpc) is 2.41. The van der Waals surface area contributed by atoms with Gasteiger partial charge in [-0.1, -0.05) is 24.3 Å². The molecule has 92 valence electrons. The molecular formula is C15H13FO2. The van der Waals surface area contributed by atoms with Crippen molar-refractivity contribution in [3.63, 3.8) is 0 Å². The molecule has 0 atom stereocenters. The van der Waals surface area contributed by atoms with Crippen molar-refractivity contribution in [3.05, 3.63) is 65.0 Å². The molecule has 0 spiro atoms. The lowest BCUT2D eigenvalue weighted by molar-refractivity contribution is 0.103. The van der Waals surface area contributed by atoms with Crippen LogP contribution < -0.4 is 4.74 Å². The molecule has 0 heterocycles. The predicted octanol–water partition coefficient (Wildman–Crippen LogP) is 3.37. The van der Waals surface area contributed by atoms with Crippen LogP contribution in [-0.2, 0) is 0 Å². The van der Waals surface area contributed by atoms with E-state index in [1.807, 2.05) is 0 Å². The maximum Gasteiger partial charge on any atom is 0.199 e. The summed E-state index contributed by atoms with van der Waals surface area (Å²) in [6.07, 6.45) is 0. The molecule has 0 radical (unpaired) electrons. The van der Waals surface area contributed by atoms with Gasteiger partial charge < -0.3 is 4.74 Å². The molecule has 2 aromatic carbocycles. The minimum absolute atomic E-state index is 0.0690. The first-order valence-electron chi connectivity index (χ1n) is 5.58. The number of ketones is 1. The third kappa shape index (κ3) is 2.12. The molecule has 0 aliphatic rings. The summed E-state index contributed by atoms with van der Waals surface area (Å²) in [5.74, 6) is -0.398. The fourth-order valence-corrected chi connectivity index (χ4v) is 1.80. The van der Waals surface area contributed by atoms with Crippen LogP contribution in [0.3, 0.4) is 0 Å². The number of carbonyl (C=O) groups excluding carboxylic acids is 1. The lowest BCUT2D eigenvalue weighted by Crippen LogP contribution is -2.07. The maximum absolute atomic E-state index is 13.9. The molecule has 18 heavy (non-hydrogen) atoms. The van der Waals surface area contributed by atoms with Crippen LogP contribution >= 0.6 is 0 Å². The molecule has 0 bridgehead atoms. The van der Waals surface area contributed by atoms with E-state index in [0.717, 1.165) is 0 Å². The Morgan fingerprint density at radius 2 is 1.72 bits per heavy atom. The molecule has 3 heteroatoms. The van der Waals surface area contributed by atoms with Crippen molar-refractivity contribution in [1.82, 2.24) is 0 Å². The van der Waals surface area contributed by atoms with Crippen molar-refractivity contribution >= 4 is 5.78 Å². The first kappa shape index (κ1) is 12.3. The lowest BCUT2D eigenvalue weighted by atomic mass is 10.00. The Labute approximate surface area is 105 Å². The summed E-state index contributed by atoms with van der Waals surface area (Å²) >= 11 is 0. The minimum Gasteiger partial charge on any atom is -0.496 e. The third-order valence-corrected chi connectivity index (χ3v) is 2.79. The molecule has 2 nitrogen and oxygen atoms in total. The Bertz CT molecular complexity index is 591. The van der Waals surface area contributed by atoms with E-state index in [1.165, 1.54) is 13.2 Å². The second-order valence-electron chi connectivity index (χ2n) is 3.97. The minimum atomic E-state index is -0.478. The van der Waals surface area contributed by atoms with Crippen LogP contribution in [0.1, 0.15) is 21.5 Å². The number of benzene rings is 2. The number of ether oxygens (including phenoxy) is 1. The number of methoxy groups -OCH3 is 1. The predicted molar refractivity (Wildman–Crippen MR) is 67.6 cm³/mol. The first-order valence-corrected chi connectivity index (χ1v) is 5.58. The van der Waals surface area contributed by atoms with Gasteiger partial charge in [-0.05, 0) is 30.7 Å². The molecular weight excluding hydrogens is 231 g/mol. The largest absolute Gasteiger partial charge is 0.496 e. The van der Waals surface area contributed by atoms with Gasteiger partial charge in [0.1, 0.15) is 11.6 Å². The number of rotatable bonds is 3. The van der Waals surface area contributed by atoms with E-state index in [9.17, 15) is 9.18 Å². The zero-order valence-corrected chi connectivity index (χ0v) is 10.2. The third-order valence-electron chi connectivity index (χ3n) is 2.79. The Hall–Kier alpha value is -2.16. The lowest BCUT2D eigenvalue weighted by Gasteiger charge is -2.08. The van der Waals surface area contributed by atoms with E-state index in [2.05, 4.69) is 0 Å². The highest BCUT2D eigenvalue weighted by molar-refractivity contribution is 6.10. The summed E-state index contributed by atoms with van der Waals surface area (Å²) in [6.45, 7) is 1.63. The molecule has 0 saturated carbocycles. The molecule has 0 aliphatic carbocycles. The van der Waals surface area contributed by atoms with E-state index >= 15 is 0 Å². The summed E-state index contributed by atoms with van der Waals surface area (Å²) in [5.41, 5.74) is 0.889. The Morgan fingerprint density at radius 1 is 1.06 bits per heavy atom. The van der Waals surface area contributed by atoms with E-state index in [1.54, 1.807) is 43.3 Å². The van der Waals surface area contributed by atoms with E-state index in [0.29, 0.717) is 16.9 Å². The molecule has 2 aromatic rings. The summed E-state index contributed by atoms with van der Waals surface area (Å²) in [6, 6.07) is 11.6. The monoisotopic (exact) mass is 244 g/mol. The Balaban J connectivity index is 2.52. The number of aryl methyl sites for hydroxylation is 1. The fourth-order valence-electron chi connectivity index (χ4n) is 1.80. The molecule has 0 aliphatic heterocycles. The van der Waals surface area contributed by atoms with Gasteiger partial charge in [-0.2, -0.15) is 0 Å². The van der Waals surface area contributed by atoms with Crippen molar-refractivity contribution in [2.24, 2.45) is 0 Å². The van der Waals surface area contributed by atoms with Crippen molar-refractivity contribution in [2.45, 2.75) is 6.92 Å². The van der Waals surface area contributed by atoms with Crippen LogP contribution in [0.4, 0.5) is 4.39 Å². The maximum atomic E-state index is 13.9. The Morgan fingerprint density at radius 3 is 2.44 bits per heavy atom. The van der Waals surface area contributed by atoms with Crippen LogP contribution in [0.25, 0.3) is 0 Å². The summed E-state index contributed by atoms with van der Waals surface area (Å²) in [7, 11) is 1.48. The van der Waals surface area contributed by atoms with Crippen LogP contribution in [-0.4, -0.2) is 12.9 Å². The number of hydrogen-bond donors (Lipinski definition) is 0. The van der Waals surface area contributed by atoms with Crippen molar-refractivity contribution in [2.75, 3.05) is 7.11 Å². The number of halogens is 1. The van der Waals surface area contributed by atoms with Crippen LogP contribution in [0, 0.1) is 12.7 Å². The Kier molecular flexibility index (Phi) is 3.42. The summed E-state index contributed by atoms with van der Waals surface area (Å²) in [4.78, 5) is 12.3. The van der Waals surface area contributed by atoms with E-state index in [-0.39, 0.29) is 11.3 Å². The van der Waals surface area contributed by atoms with Crippen molar-refractivity contribution < 1.29 is 13.9 Å². The van der Waals surface area contributed by atoms with Gasteiger partial charge in [0.15, 0.2) is 5.78 Å². The standard InChI is InChI=1S/C15H13FO2/c1-10-6-5-8-12(14(10)16)15(17)11-7-3-4-9-13(11)18-2/h3-9H,1-2H3.